The van der Waals surface area contributed by atoms with Crippen molar-refractivity contribution in [2.45, 2.75) is 19.6 Å². The van der Waals surface area contributed by atoms with E-state index in [0.717, 1.165) is 28.5 Å². The number of aromatic nitrogens is 2. The minimum Gasteiger partial charge on any atom is -0.371 e. The maximum atomic E-state index is 13.1. The van der Waals surface area contributed by atoms with Crippen molar-refractivity contribution in [2.24, 2.45) is 0 Å². The number of rotatable bonds is 3. The van der Waals surface area contributed by atoms with E-state index in [0.29, 0.717) is 19.7 Å². The lowest BCUT2D eigenvalue weighted by atomic mass is 10.1. The average Bonchev–Trinajstić information content (AvgIpc) is 2.97. The summed E-state index contributed by atoms with van der Waals surface area (Å²) in [5.41, 5.74) is 2.60. The molecular weight excluding hydrogens is 341 g/mol. The molecule has 1 saturated heterocycles. The molecule has 25 heavy (non-hydrogen) atoms. The Morgan fingerprint density at radius 3 is 2.96 bits per heavy atom. The van der Waals surface area contributed by atoms with E-state index in [2.05, 4.69) is 9.88 Å². The number of ether oxygens (including phenoxy) is 1. The van der Waals surface area contributed by atoms with Crippen molar-refractivity contribution in [1.29, 1.82) is 0 Å². The van der Waals surface area contributed by atoms with Gasteiger partial charge in [-0.1, -0.05) is 12.1 Å². The molecule has 3 aromatic rings. The quantitative estimate of drug-likeness (QED) is 0.721. The molecule has 7 heteroatoms. The Bertz CT molecular complexity index is 951. The number of nitrogens with zero attached hydrogens (tertiary/aromatic N) is 3. The number of benzene rings is 1. The highest BCUT2D eigenvalue weighted by atomic mass is 32.1. The summed E-state index contributed by atoms with van der Waals surface area (Å²) in [7, 11) is 0. The molecule has 0 unspecified atom stereocenters. The fraction of sp³-hybridized carbons (Fsp3) is 0.333. The predicted octanol–water partition coefficient (Wildman–Crippen LogP) is 2.78. The molecule has 2 aromatic heterocycles. The van der Waals surface area contributed by atoms with Gasteiger partial charge in [0.2, 0.25) is 0 Å². The van der Waals surface area contributed by atoms with Crippen molar-refractivity contribution in [2.75, 3.05) is 19.7 Å². The summed E-state index contributed by atoms with van der Waals surface area (Å²) < 4.78 is 20.5. The second-order valence-electron chi connectivity index (χ2n) is 6.23. The summed E-state index contributed by atoms with van der Waals surface area (Å²) in [6, 6.07) is 8.03. The maximum absolute atomic E-state index is 13.1. The van der Waals surface area contributed by atoms with Crippen LogP contribution in [0.3, 0.4) is 0 Å². The molecule has 0 N–H and O–H groups in total. The summed E-state index contributed by atoms with van der Waals surface area (Å²) in [4.78, 5) is 19.8. The van der Waals surface area contributed by atoms with Gasteiger partial charge in [-0.3, -0.25) is 14.1 Å². The van der Waals surface area contributed by atoms with Crippen molar-refractivity contribution >= 4 is 16.3 Å². The largest absolute Gasteiger partial charge is 0.371 e. The first-order valence-corrected chi connectivity index (χ1v) is 9.04. The SMILES string of the molecule is Cc1csc2nc(CN3CCO[C@H](c4ccc(F)cc4)C3)cc(=O)n12. The Hall–Kier alpha value is -2.09. The fourth-order valence-corrected chi connectivity index (χ4v) is 4.03. The summed E-state index contributed by atoms with van der Waals surface area (Å²) in [6.45, 7) is 4.57. The minimum atomic E-state index is -0.249. The van der Waals surface area contributed by atoms with E-state index in [1.54, 1.807) is 22.6 Å². The third kappa shape index (κ3) is 3.35. The van der Waals surface area contributed by atoms with Crippen LogP contribution in [0, 0.1) is 12.7 Å². The van der Waals surface area contributed by atoms with E-state index in [-0.39, 0.29) is 17.5 Å². The molecule has 1 fully saturated rings. The Kier molecular flexibility index (Phi) is 4.37. The maximum Gasteiger partial charge on any atom is 0.259 e. The van der Waals surface area contributed by atoms with E-state index in [1.165, 1.54) is 23.5 Å². The van der Waals surface area contributed by atoms with Crippen molar-refractivity contribution < 1.29 is 9.13 Å². The topological polar surface area (TPSA) is 46.8 Å². The molecule has 3 heterocycles. The van der Waals surface area contributed by atoms with Crippen LogP contribution < -0.4 is 5.56 Å². The Labute approximate surface area is 148 Å². The predicted molar refractivity (Wildman–Crippen MR) is 94.4 cm³/mol. The molecule has 0 spiro atoms. The van der Waals surface area contributed by atoms with Crippen molar-refractivity contribution in [1.82, 2.24) is 14.3 Å². The molecule has 1 atom stereocenters. The first-order chi connectivity index (χ1) is 12.1. The molecule has 1 aliphatic rings. The average molecular weight is 359 g/mol. The van der Waals surface area contributed by atoms with Gasteiger partial charge in [0, 0.05) is 36.8 Å². The molecule has 130 valence electrons. The molecule has 0 radical (unpaired) electrons. The Morgan fingerprint density at radius 2 is 2.16 bits per heavy atom. The number of hydrogen-bond donors (Lipinski definition) is 0. The summed E-state index contributed by atoms with van der Waals surface area (Å²) in [6.07, 6.45) is -0.0943. The van der Waals surface area contributed by atoms with Crippen LogP contribution in [0.15, 0.2) is 40.5 Å². The van der Waals surface area contributed by atoms with Crippen LogP contribution in [0.2, 0.25) is 0 Å². The second kappa shape index (κ2) is 6.67. The first-order valence-electron chi connectivity index (χ1n) is 8.16. The number of morpholine rings is 1. The molecule has 5 nitrogen and oxygen atoms in total. The lowest BCUT2D eigenvalue weighted by Gasteiger charge is -2.32. The number of halogens is 1. The molecule has 1 aliphatic heterocycles. The van der Waals surface area contributed by atoms with Crippen LogP contribution in [0.4, 0.5) is 4.39 Å². The second-order valence-corrected chi connectivity index (χ2v) is 7.06. The van der Waals surface area contributed by atoms with Crippen LogP contribution in [0.1, 0.15) is 23.1 Å². The molecule has 4 rings (SSSR count). The van der Waals surface area contributed by atoms with Crippen LogP contribution in [-0.4, -0.2) is 34.0 Å². The smallest absolute Gasteiger partial charge is 0.259 e. The van der Waals surface area contributed by atoms with E-state index < -0.39 is 0 Å². The lowest BCUT2D eigenvalue weighted by Crippen LogP contribution is -2.38. The summed E-state index contributed by atoms with van der Waals surface area (Å²) in [5, 5.41) is 1.94. The molecular formula is C18H18FN3O2S. The Morgan fingerprint density at radius 1 is 1.36 bits per heavy atom. The number of fused-ring (bicyclic) bond motifs is 1. The van der Waals surface area contributed by atoms with Crippen LogP contribution in [0.25, 0.3) is 4.96 Å². The zero-order valence-corrected chi connectivity index (χ0v) is 14.6. The summed E-state index contributed by atoms with van der Waals surface area (Å²) in [5.74, 6) is -0.249. The normalized spacial score (nSPS) is 18.7. The highest BCUT2D eigenvalue weighted by Crippen LogP contribution is 2.23. The van der Waals surface area contributed by atoms with E-state index >= 15 is 0 Å². The van der Waals surface area contributed by atoms with Gasteiger partial charge < -0.3 is 4.74 Å². The van der Waals surface area contributed by atoms with Crippen molar-refractivity contribution in [3.8, 4) is 0 Å². The monoisotopic (exact) mass is 359 g/mol. The lowest BCUT2D eigenvalue weighted by molar-refractivity contribution is -0.0333. The highest BCUT2D eigenvalue weighted by Gasteiger charge is 2.22. The van der Waals surface area contributed by atoms with Crippen LogP contribution in [-0.2, 0) is 11.3 Å². The zero-order valence-electron chi connectivity index (χ0n) is 13.8. The highest BCUT2D eigenvalue weighted by molar-refractivity contribution is 7.15. The van der Waals surface area contributed by atoms with Gasteiger partial charge in [-0.2, -0.15) is 0 Å². The van der Waals surface area contributed by atoms with E-state index in [9.17, 15) is 9.18 Å². The van der Waals surface area contributed by atoms with Gasteiger partial charge >= 0.3 is 0 Å². The van der Waals surface area contributed by atoms with Gasteiger partial charge in [-0.05, 0) is 24.6 Å². The van der Waals surface area contributed by atoms with Gasteiger partial charge in [-0.15, -0.1) is 11.3 Å². The van der Waals surface area contributed by atoms with Gasteiger partial charge in [0.25, 0.3) is 5.56 Å². The molecule has 1 aromatic carbocycles. The van der Waals surface area contributed by atoms with Crippen LogP contribution >= 0.6 is 11.3 Å². The van der Waals surface area contributed by atoms with Gasteiger partial charge in [0.05, 0.1) is 18.4 Å². The molecule has 0 saturated carbocycles. The number of aryl methyl sites for hydroxylation is 1. The molecule has 0 aliphatic carbocycles. The number of thiazole rings is 1. The summed E-state index contributed by atoms with van der Waals surface area (Å²) >= 11 is 1.48. The molecule has 0 amide bonds. The van der Waals surface area contributed by atoms with Gasteiger partial charge in [0.15, 0.2) is 4.96 Å². The van der Waals surface area contributed by atoms with E-state index in [4.69, 9.17) is 4.74 Å². The van der Waals surface area contributed by atoms with Crippen molar-refractivity contribution in [3.05, 3.63) is 68.8 Å². The molecule has 0 bridgehead atoms. The third-order valence-corrected chi connectivity index (χ3v) is 5.35. The standard InChI is InChI=1S/C18H18FN3O2S/c1-12-11-25-18-20-15(8-17(23)22(12)18)9-21-6-7-24-16(10-21)13-2-4-14(19)5-3-13/h2-5,8,11,16H,6-7,9-10H2,1H3/t16-/m0/s1. The van der Waals surface area contributed by atoms with Gasteiger partial charge in [0.1, 0.15) is 5.82 Å². The van der Waals surface area contributed by atoms with Crippen molar-refractivity contribution in [3.63, 3.8) is 0 Å². The third-order valence-electron chi connectivity index (χ3n) is 4.41. The zero-order chi connectivity index (χ0) is 17.4. The number of hydrogen-bond acceptors (Lipinski definition) is 5. The van der Waals surface area contributed by atoms with Gasteiger partial charge in [-0.25, -0.2) is 9.37 Å². The fourth-order valence-electron chi connectivity index (χ4n) is 3.14. The van der Waals surface area contributed by atoms with Crippen LogP contribution in [0.5, 0.6) is 0 Å². The first kappa shape index (κ1) is 16.4. The Balaban J connectivity index is 1.52. The minimum absolute atomic E-state index is 0.0397. The van der Waals surface area contributed by atoms with E-state index in [1.807, 2.05) is 12.3 Å².